The molecule has 4 N–H and O–H groups in total. The van der Waals surface area contributed by atoms with Crippen LogP contribution < -0.4 is 16.0 Å². The van der Waals surface area contributed by atoms with Crippen molar-refractivity contribution in [1.29, 1.82) is 0 Å². The van der Waals surface area contributed by atoms with Crippen LogP contribution in [0.3, 0.4) is 0 Å². The first kappa shape index (κ1) is 20.0. The lowest BCUT2D eigenvalue weighted by molar-refractivity contribution is -0.127. The third-order valence-electron chi connectivity index (χ3n) is 3.02. The lowest BCUT2D eigenvalue weighted by Crippen LogP contribution is -2.51. The number of unbranched alkanes of at least 4 members (excludes halogenated alkanes) is 1. The van der Waals surface area contributed by atoms with Crippen molar-refractivity contribution in [2.45, 2.75) is 38.3 Å². The molecule has 0 aliphatic rings. The smallest absolute Gasteiger partial charge is 0.267 e. The van der Waals surface area contributed by atoms with Gasteiger partial charge in [0.15, 0.2) is 5.78 Å². The molecule has 0 aliphatic heterocycles. The number of likely N-dealkylation sites (N-methyl/N-ethyl adjacent to an activating group) is 1. The molecule has 0 aromatic rings. The average molecular weight is 323 g/mol. The van der Waals surface area contributed by atoms with Crippen LogP contribution in [-0.4, -0.2) is 63.1 Å². The van der Waals surface area contributed by atoms with Gasteiger partial charge in [0, 0.05) is 0 Å². The predicted molar refractivity (Wildman–Crippen MR) is 79.7 cm³/mol. The summed E-state index contributed by atoms with van der Waals surface area (Å²) < 4.78 is 30.5. The van der Waals surface area contributed by atoms with E-state index in [1.54, 1.807) is 7.05 Å². The molecule has 0 aliphatic carbocycles. The van der Waals surface area contributed by atoms with Crippen LogP contribution in [0.4, 0.5) is 0 Å². The summed E-state index contributed by atoms with van der Waals surface area (Å²) in [6, 6.07) is -1.74. The highest BCUT2D eigenvalue weighted by Crippen LogP contribution is 2.02. The van der Waals surface area contributed by atoms with E-state index in [0.29, 0.717) is 6.42 Å². The second-order valence-electron chi connectivity index (χ2n) is 4.86. The molecule has 21 heavy (non-hydrogen) atoms. The minimum atomic E-state index is -4.33. The fourth-order valence-corrected chi connectivity index (χ4v) is 2.54. The second kappa shape index (κ2) is 9.82. The Morgan fingerprint density at radius 3 is 2.19 bits per heavy atom. The van der Waals surface area contributed by atoms with Crippen molar-refractivity contribution in [3.8, 4) is 0 Å². The SMILES string of the molecule is CNCCCCC(NC)C(=O)NC(CS(=O)(=O)O)C(C)=O. The summed E-state index contributed by atoms with van der Waals surface area (Å²) >= 11 is 0. The minimum absolute atomic E-state index is 0.453. The first-order chi connectivity index (χ1) is 9.71. The monoisotopic (exact) mass is 323 g/mol. The molecule has 0 radical (unpaired) electrons. The molecule has 0 aromatic carbocycles. The van der Waals surface area contributed by atoms with E-state index in [4.69, 9.17) is 4.55 Å². The van der Waals surface area contributed by atoms with E-state index in [-0.39, 0.29) is 0 Å². The molecular weight excluding hydrogens is 298 g/mol. The summed E-state index contributed by atoms with van der Waals surface area (Å²) in [5.74, 6) is -1.79. The van der Waals surface area contributed by atoms with Gasteiger partial charge in [0.05, 0.1) is 6.04 Å². The van der Waals surface area contributed by atoms with Crippen molar-refractivity contribution in [3.63, 3.8) is 0 Å². The van der Waals surface area contributed by atoms with Gasteiger partial charge in [0.25, 0.3) is 10.1 Å². The average Bonchev–Trinajstić information content (AvgIpc) is 2.36. The molecular formula is C12H25N3O5S. The third kappa shape index (κ3) is 9.51. The first-order valence-corrected chi connectivity index (χ1v) is 8.40. The van der Waals surface area contributed by atoms with E-state index in [1.165, 1.54) is 0 Å². The maximum absolute atomic E-state index is 12.0. The molecule has 124 valence electrons. The first-order valence-electron chi connectivity index (χ1n) is 6.79. The molecule has 0 heterocycles. The number of hydrogen-bond donors (Lipinski definition) is 4. The molecule has 2 unspecified atom stereocenters. The Morgan fingerprint density at radius 2 is 1.76 bits per heavy atom. The van der Waals surface area contributed by atoms with Crippen LogP contribution in [0, 0.1) is 0 Å². The van der Waals surface area contributed by atoms with Gasteiger partial charge in [-0.05, 0) is 40.4 Å². The molecule has 0 fully saturated rings. The highest BCUT2D eigenvalue weighted by molar-refractivity contribution is 7.85. The predicted octanol–water partition coefficient (Wildman–Crippen LogP) is -1.07. The number of ketones is 1. The number of nitrogens with one attached hydrogen (secondary N) is 3. The molecule has 0 spiro atoms. The molecule has 2 atom stereocenters. The van der Waals surface area contributed by atoms with Crippen molar-refractivity contribution in [3.05, 3.63) is 0 Å². The quantitative estimate of drug-likeness (QED) is 0.282. The van der Waals surface area contributed by atoms with E-state index in [9.17, 15) is 18.0 Å². The van der Waals surface area contributed by atoms with E-state index in [1.807, 2.05) is 7.05 Å². The van der Waals surface area contributed by atoms with Gasteiger partial charge in [-0.1, -0.05) is 6.42 Å². The molecule has 9 heteroatoms. The van der Waals surface area contributed by atoms with Gasteiger partial charge in [0.2, 0.25) is 5.91 Å². The summed E-state index contributed by atoms with van der Waals surface area (Å²) in [7, 11) is -0.874. The summed E-state index contributed by atoms with van der Waals surface area (Å²) in [6.07, 6.45) is 2.28. The van der Waals surface area contributed by atoms with Gasteiger partial charge in [-0.15, -0.1) is 0 Å². The van der Waals surface area contributed by atoms with Crippen LogP contribution in [0.5, 0.6) is 0 Å². The summed E-state index contributed by atoms with van der Waals surface area (Å²) in [6.45, 7) is 2.01. The molecule has 0 aromatic heterocycles. The van der Waals surface area contributed by atoms with Gasteiger partial charge in [-0.25, -0.2) is 0 Å². The van der Waals surface area contributed by atoms with Crippen LogP contribution in [-0.2, 0) is 19.7 Å². The molecule has 0 rings (SSSR count). The van der Waals surface area contributed by atoms with E-state index >= 15 is 0 Å². The lowest BCUT2D eigenvalue weighted by atomic mass is 10.1. The topological polar surface area (TPSA) is 125 Å². The van der Waals surface area contributed by atoms with E-state index in [0.717, 1.165) is 26.3 Å². The van der Waals surface area contributed by atoms with Crippen molar-refractivity contribution in [2.24, 2.45) is 0 Å². The van der Waals surface area contributed by atoms with Crippen LogP contribution in [0.1, 0.15) is 26.2 Å². The number of carbonyl (C=O) groups is 2. The Morgan fingerprint density at radius 1 is 1.14 bits per heavy atom. The fraction of sp³-hybridized carbons (Fsp3) is 0.833. The van der Waals surface area contributed by atoms with Crippen LogP contribution in [0.15, 0.2) is 0 Å². The summed E-state index contributed by atoms with van der Waals surface area (Å²) in [4.78, 5) is 23.4. The summed E-state index contributed by atoms with van der Waals surface area (Å²) in [5.41, 5.74) is 0. The summed E-state index contributed by atoms with van der Waals surface area (Å²) in [5, 5.41) is 8.19. The maximum Gasteiger partial charge on any atom is 0.267 e. The minimum Gasteiger partial charge on any atom is -0.344 e. The van der Waals surface area contributed by atoms with Crippen LogP contribution in [0.2, 0.25) is 0 Å². The van der Waals surface area contributed by atoms with Crippen molar-refractivity contribution in [2.75, 3.05) is 26.4 Å². The number of amides is 1. The molecule has 0 saturated carbocycles. The van der Waals surface area contributed by atoms with Crippen LogP contribution in [0.25, 0.3) is 0 Å². The number of carbonyl (C=O) groups excluding carboxylic acids is 2. The zero-order chi connectivity index (χ0) is 16.5. The fourth-order valence-electron chi connectivity index (χ4n) is 1.80. The Labute approximate surface area is 125 Å². The highest BCUT2D eigenvalue weighted by Gasteiger charge is 2.26. The standard InChI is InChI=1S/C12H25N3O5S/c1-9(16)11(8-21(18,19)20)15-12(17)10(14-3)6-4-5-7-13-2/h10-11,13-14H,4-8H2,1-3H3,(H,15,17)(H,18,19,20). The van der Waals surface area contributed by atoms with Gasteiger partial charge >= 0.3 is 0 Å². The number of Topliss-reactive ketones (excluding diaryl/α,β-unsaturated/α-hetero) is 1. The maximum atomic E-state index is 12.0. The van der Waals surface area contributed by atoms with Gasteiger partial charge in [0.1, 0.15) is 11.8 Å². The van der Waals surface area contributed by atoms with Crippen molar-refractivity contribution < 1.29 is 22.6 Å². The van der Waals surface area contributed by atoms with Crippen molar-refractivity contribution in [1.82, 2.24) is 16.0 Å². The van der Waals surface area contributed by atoms with Crippen LogP contribution >= 0.6 is 0 Å². The molecule has 1 amide bonds. The Bertz CT molecular complexity index is 438. The number of hydrogen-bond acceptors (Lipinski definition) is 6. The van der Waals surface area contributed by atoms with E-state index < -0.39 is 39.6 Å². The van der Waals surface area contributed by atoms with Gasteiger partial charge in [-0.3, -0.25) is 14.1 Å². The zero-order valence-electron chi connectivity index (χ0n) is 12.7. The van der Waals surface area contributed by atoms with E-state index in [2.05, 4.69) is 16.0 Å². The molecule has 0 bridgehead atoms. The van der Waals surface area contributed by atoms with Gasteiger partial charge in [-0.2, -0.15) is 8.42 Å². The highest BCUT2D eigenvalue weighted by atomic mass is 32.2. The lowest BCUT2D eigenvalue weighted by Gasteiger charge is -2.20. The Kier molecular flexibility index (Phi) is 9.34. The Hall–Kier alpha value is -1.03. The third-order valence-corrected chi connectivity index (χ3v) is 3.77. The van der Waals surface area contributed by atoms with Crippen molar-refractivity contribution >= 4 is 21.8 Å². The number of rotatable bonds is 11. The largest absolute Gasteiger partial charge is 0.344 e. The zero-order valence-corrected chi connectivity index (χ0v) is 13.5. The molecule has 8 nitrogen and oxygen atoms in total. The Balaban J connectivity index is 4.53. The second-order valence-corrected chi connectivity index (χ2v) is 6.36. The van der Waals surface area contributed by atoms with Gasteiger partial charge < -0.3 is 16.0 Å². The normalized spacial score (nSPS) is 14.5. The molecule has 0 saturated heterocycles.